The standard InChI is InChI=1S/C14H21N5O3/c1-4-5-19-13(21)11(12(20)15-14(19)22)10(2)16-18-8-6-17(3)7-9-18/h4,21H,1,5-9H2,2-3H3,(H,15,20,22). The van der Waals surface area contributed by atoms with Crippen molar-refractivity contribution < 1.29 is 10.0 Å². The minimum absolute atomic E-state index is 0.0482. The van der Waals surface area contributed by atoms with E-state index in [2.05, 4.69) is 23.7 Å². The van der Waals surface area contributed by atoms with Gasteiger partial charge in [0.1, 0.15) is 0 Å². The lowest BCUT2D eigenvalue weighted by Gasteiger charge is -2.28. The molecule has 0 bridgehead atoms. The molecule has 0 unspecified atom stereocenters. The second-order valence-electron chi connectivity index (χ2n) is 5.43. The van der Waals surface area contributed by atoms with Crippen LogP contribution in [0.1, 0.15) is 12.5 Å². The molecule has 0 aromatic carbocycles. The van der Waals surface area contributed by atoms with Gasteiger partial charge >= 0.3 is 5.69 Å². The molecule has 22 heavy (non-hydrogen) atoms. The number of rotatable bonds is 4. The van der Waals surface area contributed by atoms with E-state index >= 15 is 0 Å². The zero-order chi connectivity index (χ0) is 16.3. The zero-order valence-electron chi connectivity index (χ0n) is 12.9. The van der Waals surface area contributed by atoms with Crippen LogP contribution in [-0.4, -0.2) is 53.5 Å². The summed E-state index contributed by atoms with van der Waals surface area (Å²) in [7, 11) is 2.11. The van der Waals surface area contributed by atoms with Crippen LogP contribution in [-0.2, 0) is 6.54 Å². The van der Waals surface area contributed by atoms with Crippen molar-refractivity contribution in [2.24, 2.45) is 5.10 Å². The number of hydrazone groups is 1. The molecule has 2 rings (SSSR count). The fourth-order valence-corrected chi connectivity index (χ4v) is 2.40. The number of aromatic amines is 1. The predicted octanol–water partition coefficient (Wildman–Crippen LogP) is -2.65. The van der Waals surface area contributed by atoms with Gasteiger partial charge < -0.3 is 14.6 Å². The lowest BCUT2D eigenvalue weighted by atomic mass is 10.2. The van der Waals surface area contributed by atoms with Gasteiger partial charge in [-0.05, 0) is 12.8 Å². The average Bonchev–Trinajstić information content (AvgIpc) is 2.45. The van der Waals surface area contributed by atoms with Crippen LogP contribution in [0.3, 0.4) is 0 Å². The highest BCUT2D eigenvalue weighted by atomic mass is 16.3. The summed E-state index contributed by atoms with van der Waals surface area (Å²) in [5.41, 5.74) is -1.19. The zero-order valence-corrected chi connectivity index (χ0v) is 12.9. The largest absolute Gasteiger partial charge is 0.859 e. The van der Waals surface area contributed by atoms with E-state index in [0.29, 0.717) is 5.71 Å². The Kier molecular flexibility index (Phi) is 4.81. The molecule has 0 saturated carbocycles. The molecule has 1 saturated heterocycles. The minimum atomic E-state index is -0.727. The van der Waals surface area contributed by atoms with Crippen molar-refractivity contribution in [3.8, 4) is 5.88 Å². The lowest BCUT2D eigenvalue weighted by molar-refractivity contribution is -0.884. The fourth-order valence-electron chi connectivity index (χ4n) is 2.40. The van der Waals surface area contributed by atoms with E-state index in [1.54, 1.807) is 6.92 Å². The van der Waals surface area contributed by atoms with Crippen molar-refractivity contribution in [2.45, 2.75) is 13.5 Å². The molecule has 8 heteroatoms. The molecule has 1 aromatic heterocycles. The van der Waals surface area contributed by atoms with E-state index in [1.807, 2.05) is 5.01 Å². The monoisotopic (exact) mass is 307 g/mol. The first-order valence-corrected chi connectivity index (χ1v) is 7.21. The van der Waals surface area contributed by atoms with Crippen molar-refractivity contribution in [3.05, 3.63) is 39.1 Å². The van der Waals surface area contributed by atoms with E-state index in [0.717, 1.165) is 30.7 Å². The molecule has 1 aliphatic heterocycles. The predicted molar refractivity (Wildman–Crippen MR) is 81.4 cm³/mol. The molecular weight excluding hydrogens is 286 g/mol. The van der Waals surface area contributed by atoms with E-state index < -0.39 is 17.1 Å². The molecule has 8 nitrogen and oxygen atoms in total. The highest BCUT2D eigenvalue weighted by Crippen LogP contribution is 2.08. The van der Waals surface area contributed by atoms with Crippen LogP contribution in [0.15, 0.2) is 27.3 Å². The van der Waals surface area contributed by atoms with E-state index in [1.165, 1.54) is 11.0 Å². The van der Waals surface area contributed by atoms with Gasteiger partial charge in [-0.25, -0.2) is 4.79 Å². The Balaban J connectivity index is 2.39. The number of quaternary nitrogens is 1. The van der Waals surface area contributed by atoms with Gasteiger partial charge in [0.05, 0.1) is 44.5 Å². The van der Waals surface area contributed by atoms with E-state index in [4.69, 9.17) is 0 Å². The number of likely N-dealkylation sites (N-methyl/N-ethyl adjacent to an activating group) is 1. The Morgan fingerprint density at radius 3 is 2.68 bits per heavy atom. The third-order valence-corrected chi connectivity index (χ3v) is 3.71. The van der Waals surface area contributed by atoms with Crippen LogP contribution in [0.4, 0.5) is 0 Å². The van der Waals surface area contributed by atoms with Crippen LogP contribution in [0, 0.1) is 0 Å². The molecular formula is C14H21N5O3. The number of nitrogens with one attached hydrogen (secondary N) is 2. The Labute approximate surface area is 128 Å². The first kappa shape index (κ1) is 16.0. The average molecular weight is 307 g/mol. The summed E-state index contributed by atoms with van der Waals surface area (Å²) in [6.07, 6.45) is 1.43. The first-order chi connectivity index (χ1) is 10.4. The van der Waals surface area contributed by atoms with Crippen molar-refractivity contribution in [1.29, 1.82) is 0 Å². The smallest absolute Gasteiger partial charge is 0.328 e. The van der Waals surface area contributed by atoms with Crippen LogP contribution in [0.5, 0.6) is 5.88 Å². The second-order valence-corrected chi connectivity index (χ2v) is 5.43. The van der Waals surface area contributed by atoms with Gasteiger partial charge in [-0.15, -0.1) is 6.58 Å². The molecule has 0 amide bonds. The minimum Gasteiger partial charge on any atom is -0.859 e. The maximum absolute atomic E-state index is 12.3. The summed E-state index contributed by atoms with van der Waals surface area (Å²) < 4.78 is 0.941. The molecule has 2 heterocycles. The van der Waals surface area contributed by atoms with Crippen LogP contribution >= 0.6 is 0 Å². The molecule has 1 fully saturated rings. The van der Waals surface area contributed by atoms with Gasteiger partial charge in [0.15, 0.2) is 0 Å². The summed E-state index contributed by atoms with van der Waals surface area (Å²) >= 11 is 0. The Hall–Kier alpha value is -2.35. The summed E-state index contributed by atoms with van der Waals surface area (Å²) in [6.45, 7) is 8.60. The van der Waals surface area contributed by atoms with Gasteiger partial charge in [0, 0.05) is 6.54 Å². The van der Waals surface area contributed by atoms with Crippen molar-refractivity contribution in [2.75, 3.05) is 33.2 Å². The number of hydrogen-bond acceptors (Lipinski definition) is 5. The number of H-pyrrole nitrogens is 1. The maximum Gasteiger partial charge on any atom is 0.328 e. The summed E-state index contributed by atoms with van der Waals surface area (Å²) in [5.74, 6) is -0.630. The van der Waals surface area contributed by atoms with Crippen molar-refractivity contribution in [3.63, 3.8) is 0 Å². The Bertz CT molecular complexity index is 695. The van der Waals surface area contributed by atoms with Gasteiger partial charge in [-0.3, -0.25) is 14.8 Å². The Morgan fingerprint density at radius 2 is 2.09 bits per heavy atom. The first-order valence-electron chi connectivity index (χ1n) is 7.21. The molecule has 0 spiro atoms. The number of allylic oxidation sites excluding steroid dienone is 1. The van der Waals surface area contributed by atoms with Crippen LogP contribution < -0.4 is 21.3 Å². The topological polar surface area (TPSA) is 98.0 Å². The van der Waals surface area contributed by atoms with Gasteiger partial charge in [0.25, 0.3) is 5.56 Å². The highest BCUT2D eigenvalue weighted by molar-refractivity contribution is 5.99. The molecule has 2 N–H and O–H groups in total. The summed E-state index contributed by atoms with van der Waals surface area (Å²) in [4.78, 5) is 27.2. The second kappa shape index (κ2) is 6.61. The molecule has 0 atom stereocenters. The molecule has 120 valence electrons. The van der Waals surface area contributed by atoms with Crippen LogP contribution in [0.2, 0.25) is 0 Å². The number of hydrogen-bond donors (Lipinski definition) is 2. The molecule has 1 aliphatic rings. The molecule has 0 radical (unpaired) electrons. The molecule has 0 aliphatic carbocycles. The van der Waals surface area contributed by atoms with Gasteiger partial charge in [0.2, 0.25) is 0 Å². The third-order valence-electron chi connectivity index (χ3n) is 3.71. The van der Waals surface area contributed by atoms with Crippen LogP contribution in [0.25, 0.3) is 0 Å². The lowest BCUT2D eigenvalue weighted by Crippen LogP contribution is -3.11. The number of piperazine rings is 1. The van der Waals surface area contributed by atoms with Crippen molar-refractivity contribution >= 4 is 5.71 Å². The number of nitrogens with zero attached hydrogens (tertiary/aromatic N) is 3. The number of aromatic nitrogens is 2. The quantitative estimate of drug-likeness (QED) is 0.469. The SMILES string of the molecule is C=CCn1c([O-])c(C(C)=NN2CC[NH+](C)CC2)c(=O)[nH]c1=O. The highest BCUT2D eigenvalue weighted by Gasteiger charge is 2.17. The van der Waals surface area contributed by atoms with E-state index in [9.17, 15) is 14.7 Å². The normalized spacial score (nSPS) is 16.8. The van der Waals surface area contributed by atoms with E-state index in [-0.39, 0.29) is 12.1 Å². The summed E-state index contributed by atoms with van der Waals surface area (Å²) in [5, 5.41) is 18.5. The van der Waals surface area contributed by atoms with Crippen molar-refractivity contribution in [1.82, 2.24) is 14.6 Å². The summed E-state index contributed by atoms with van der Waals surface area (Å²) in [6, 6.07) is 0. The third kappa shape index (κ3) is 3.28. The molecule has 1 aromatic rings. The Morgan fingerprint density at radius 1 is 1.45 bits per heavy atom. The van der Waals surface area contributed by atoms with Gasteiger partial charge in [-0.1, -0.05) is 6.08 Å². The fraction of sp³-hybridized carbons (Fsp3) is 0.500. The maximum atomic E-state index is 12.3. The van der Waals surface area contributed by atoms with Gasteiger partial charge in [-0.2, -0.15) is 5.10 Å².